The number of aliphatic hydroxyl groups excluding tert-OH is 1. The first-order valence-corrected chi connectivity index (χ1v) is 8.54. The van der Waals surface area contributed by atoms with Gasteiger partial charge < -0.3 is 19.5 Å². The maximum atomic E-state index is 11.6. The fourth-order valence-corrected chi connectivity index (χ4v) is 3.27. The van der Waals surface area contributed by atoms with Gasteiger partial charge in [-0.15, -0.1) is 0 Å². The van der Waals surface area contributed by atoms with Crippen LogP contribution in [0.2, 0.25) is 0 Å². The lowest BCUT2D eigenvalue weighted by atomic mass is 10.1. The van der Waals surface area contributed by atoms with E-state index in [0.29, 0.717) is 44.9 Å². The summed E-state index contributed by atoms with van der Waals surface area (Å²) in [4.78, 5) is 15.5. The molecule has 0 unspecified atom stereocenters. The number of hydrogen-bond donors (Lipinski definition) is 1. The Balaban J connectivity index is 1.62. The Morgan fingerprint density at radius 2 is 2.00 bits per heavy atom. The van der Waals surface area contributed by atoms with Gasteiger partial charge in [0.25, 0.3) is 0 Å². The molecule has 1 aliphatic heterocycles. The largest absolute Gasteiger partial charge is 0.450 e. The summed E-state index contributed by atoms with van der Waals surface area (Å²) in [5.74, 6) is 0.611. The summed E-state index contributed by atoms with van der Waals surface area (Å²) in [6.07, 6.45) is 3.21. The summed E-state index contributed by atoms with van der Waals surface area (Å²) >= 11 is 0. The number of β-amino-alcohol motifs (C(OH)–C–C–N with tert-alkyl or cyclic N) is 1. The highest BCUT2D eigenvalue weighted by Gasteiger charge is 2.26. The van der Waals surface area contributed by atoms with Crippen molar-refractivity contribution in [2.75, 3.05) is 45.9 Å². The van der Waals surface area contributed by atoms with E-state index in [1.54, 1.807) is 4.90 Å². The van der Waals surface area contributed by atoms with Crippen LogP contribution in [-0.2, 0) is 9.47 Å². The average molecular weight is 314 g/mol. The van der Waals surface area contributed by atoms with Gasteiger partial charge in [0.1, 0.15) is 0 Å². The zero-order chi connectivity index (χ0) is 15.9. The molecule has 0 radical (unpaired) electrons. The molecule has 0 aromatic heterocycles. The summed E-state index contributed by atoms with van der Waals surface area (Å²) in [7, 11) is 0. The van der Waals surface area contributed by atoms with E-state index in [1.807, 2.05) is 6.92 Å². The van der Waals surface area contributed by atoms with Gasteiger partial charge in [0.15, 0.2) is 0 Å². The fraction of sp³-hybridized carbons (Fsp3) is 0.938. The second kappa shape index (κ2) is 8.70. The van der Waals surface area contributed by atoms with Crippen molar-refractivity contribution in [3.05, 3.63) is 0 Å². The Morgan fingerprint density at radius 1 is 1.27 bits per heavy atom. The molecule has 3 atom stereocenters. The van der Waals surface area contributed by atoms with Gasteiger partial charge in [-0.3, -0.25) is 4.90 Å². The molecule has 0 aromatic rings. The summed E-state index contributed by atoms with van der Waals surface area (Å²) in [5.41, 5.74) is 0. The van der Waals surface area contributed by atoms with Gasteiger partial charge in [0, 0.05) is 32.7 Å². The number of carbonyl (C=O) groups excluding carboxylic acids is 1. The second-order valence-electron chi connectivity index (χ2n) is 6.42. The molecule has 1 amide bonds. The van der Waals surface area contributed by atoms with Crippen molar-refractivity contribution in [1.82, 2.24) is 9.80 Å². The van der Waals surface area contributed by atoms with Gasteiger partial charge in [0.2, 0.25) is 0 Å². The summed E-state index contributed by atoms with van der Waals surface area (Å²) in [6.45, 7) is 8.33. The van der Waals surface area contributed by atoms with Crippen LogP contribution >= 0.6 is 0 Å². The molecule has 6 nitrogen and oxygen atoms in total. The van der Waals surface area contributed by atoms with Gasteiger partial charge in [0.05, 0.1) is 25.4 Å². The van der Waals surface area contributed by atoms with Crippen LogP contribution in [0.15, 0.2) is 0 Å². The zero-order valence-corrected chi connectivity index (χ0v) is 13.9. The van der Waals surface area contributed by atoms with Crippen molar-refractivity contribution < 1.29 is 19.4 Å². The first kappa shape index (κ1) is 17.5. The minimum absolute atomic E-state index is 0.235. The lowest BCUT2D eigenvalue weighted by molar-refractivity contribution is -0.0353. The van der Waals surface area contributed by atoms with Crippen LogP contribution in [0.3, 0.4) is 0 Å². The molecule has 0 bridgehead atoms. The Morgan fingerprint density at radius 3 is 2.59 bits per heavy atom. The minimum Gasteiger partial charge on any atom is -0.450 e. The highest BCUT2D eigenvalue weighted by atomic mass is 16.6. The van der Waals surface area contributed by atoms with Crippen LogP contribution in [0.25, 0.3) is 0 Å². The van der Waals surface area contributed by atoms with Crippen molar-refractivity contribution in [3.8, 4) is 0 Å². The molecule has 1 heterocycles. The predicted octanol–water partition coefficient (Wildman–Crippen LogP) is 1.33. The van der Waals surface area contributed by atoms with E-state index in [0.717, 1.165) is 19.5 Å². The van der Waals surface area contributed by atoms with Crippen LogP contribution in [-0.4, -0.2) is 79.1 Å². The summed E-state index contributed by atoms with van der Waals surface area (Å²) in [5, 5.41) is 10.1. The first-order chi connectivity index (χ1) is 10.6. The molecule has 1 N–H and O–H groups in total. The van der Waals surface area contributed by atoms with Gasteiger partial charge >= 0.3 is 6.09 Å². The molecule has 0 aromatic carbocycles. The molecular formula is C16H30N2O4. The van der Waals surface area contributed by atoms with E-state index >= 15 is 0 Å². The molecule has 22 heavy (non-hydrogen) atoms. The van der Waals surface area contributed by atoms with Crippen LogP contribution in [0.4, 0.5) is 4.79 Å². The number of piperazine rings is 1. The van der Waals surface area contributed by atoms with Crippen LogP contribution in [0, 0.1) is 5.92 Å². The van der Waals surface area contributed by atoms with Gasteiger partial charge in [-0.1, -0.05) is 13.3 Å². The van der Waals surface area contributed by atoms with E-state index in [9.17, 15) is 9.90 Å². The van der Waals surface area contributed by atoms with Gasteiger partial charge in [-0.2, -0.15) is 0 Å². The van der Waals surface area contributed by atoms with Crippen LogP contribution in [0.1, 0.15) is 33.1 Å². The summed E-state index contributed by atoms with van der Waals surface area (Å²) in [6, 6.07) is 0. The normalized spacial score (nSPS) is 27.9. The zero-order valence-electron chi connectivity index (χ0n) is 13.9. The third-order valence-electron chi connectivity index (χ3n) is 4.65. The first-order valence-electron chi connectivity index (χ1n) is 8.54. The molecule has 1 saturated heterocycles. The third-order valence-corrected chi connectivity index (χ3v) is 4.65. The molecule has 2 fully saturated rings. The number of carbonyl (C=O) groups is 1. The second-order valence-corrected chi connectivity index (χ2v) is 6.42. The number of ether oxygens (including phenoxy) is 2. The SMILES string of the molecule is CCOC(=O)N1CCN(C[C@H](O)CO[C@H]2CCC[C@@H]2C)CC1. The van der Waals surface area contributed by atoms with E-state index in [2.05, 4.69) is 11.8 Å². The molecular weight excluding hydrogens is 284 g/mol. The quantitative estimate of drug-likeness (QED) is 0.801. The molecule has 6 heteroatoms. The Kier molecular flexibility index (Phi) is 6.92. The van der Waals surface area contributed by atoms with E-state index in [-0.39, 0.29) is 6.09 Å². The topological polar surface area (TPSA) is 62.2 Å². The standard InChI is InChI=1S/C16H30N2O4/c1-3-21-16(20)18-9-7-17(8-10-18)11-14(19)12-22-15-6-4-5-13(15)2/h13-15,19H,3-12H2,1-2H3/t13-,14-,15-/m0/s1. The fourth-order valence-electron chi connectivity index (χ4n) is 3.27. The third kappa shape index (κ3) is 5.11. The summed E-state index contributed by atoms with van der Waals surface area (Å²) < 4.78 is 10.9. The van der Waals surface area contributed by atoms with Crippen molar-refractivity contribution in [1.29, 1.82) is 0 Å². The molecule has 1 aliphatic carbocycles. The molecule has 2 aliphatic rings. The smallest absolute Gasteiger partial charge is 0.409 e. The number of aliphatic hydroxyl groups is 1. The molecule has 128 valence electrons. The molecule has 0 spiro atoms. The monoisotopic (exact) mass is 314 g/mol. The molecule has 2 rings (SSSR count). The average Bonchev–Trinajstić information content (AvgIpc) is 2.91. The Hall–Kier alpha value is -0.850. The highest BCUT2D eigenvalue weighted by Crippen LogP contribution is 2.27. The van der Waals surface area contributed by atoms with Crippen molar-refractivity contribution in [2.24, 2.45) is 5.92 Å². The van der Waals surface area contributed by atoms with Crippen LogP contribution < -0.4 is 0 Å². The van der Waals surface area contributed by atoms with Crippen molar-refractivity contribution in [3.63, 3.8) is 0 Å². The Bertz CT molecular complexity index is 345. The van der Waals surface area contributed by atoms with Gasteiger partial charge in [-0.25, -0.2) is 4.79 Å². The van der Waals surface area contributed by atoms with E-state index in [4.69, 9.17) is 9.47 Å². The van der Waals surface area contributed by atoms with Gasteiger partial charge in [-0.05, 0) is 25.7 Å². The highest BCUT2D eigenvalue weighted by molar-refractivity contribution is 5.67. The number of hydrogen-bond acceptors (Lipinski definition) is 5. The lowest BCUT2D eigenvalue weighted by Crippen LogP contribution is -2.51. The number of nitrogens with zero attached hydrogens (tertiary/aromatic N) is 2. The maximum absolute atomic E-state index is 11.6. The van der Waals surface area contributed by atoms with E-state index in [1.165, 1.54) is 12.8 Å². The molecule has 1 saturated carbocycles. The van der Waals surface area contributed by atoms with Crippen LogP contribution in [0.5, 0.6) is 0 Å². The van der Waals surface area contributed by atoms with Crippen molar-refractivity contribution >= 4 is 6.09 Å². The predicted molar refractivity (Wildman–Crippen MR) is 83.8 cm³/mol. The number of amides is 1. The van der Waals surface area contributed by atoms with E-state index < -0.39 is 6.10 Å². The maximum Gasteiger partial charge on any atom is 0.409 e. The minimum atomic E-state index is -0.457. The number of rotatable bonds is 6. The lowest BCUT2D eigenvalue weighted by Gasteiger charge is -2.35. The van der Waals surface area contributed by atoms with Crippen molar-refractivity contribution in [2.45, 2.75) is 45.3 Å². The Labute approximate surface area is 133 Å².